The van der Waals surface area contributed by atoms with Crippen molar-refractivity contribution in [2.75, 3.05) is 6.54 Å². The highest BCUT2D eigenvalue weighted by Gasteiger charge is 2.46. The Bertz CT molecular complexity index is 402. The van der Waals surface area contributed by atoms with Crippen molar-refractivity contribution >= 4 is 17.6 Å². The lowest BCUT2D eigenvalue weighted by Crippen LogP contribution is -2.42. The van der Waals surface area contributed by atoms with E-state index < -0.39 is 0 Å². The van der Waals surface area contributed by atoms with Crippen LogP contribution in [0, 0.1) is 0 Å². The van der Waals surface area contributed by atoms with Crippen LogP contribution in [0.25, 0.3) is 0 Å². The van der Waals surface area contributed by atoms with Crippen molar-refractivity contribution in [3.05, 3.63) is 34.9 Å². The van der Waals surface area contributed by atoms with Crippen molar-refractivity contribution in [1.29, 1.82) is 0 Å². The number of nitrogens with one attached hydrogen (secondary N) is 2. The van der Waals surface area contributed by atoms with Crippen LogP contribution in [0.4, 0.5) is 4.79 Å². The first kappa shape index (κ1) is 11.3. The molecule has 0 saturated heterocycles. The first-order valence-electron chi connectivity index (χ1n) is 5.49. The van der Waals surface area contributed by atoms with E-state index in [-0.39, 0.29) is 11.6 Å². The Morgan fingerprint density at radius 2 is 2.12 bits per heavy atom. The summed E-state index contributed by atoms with van der Waals surface area (Å²) in [5, 5.41) is 6.45. The fraction of sp³-hybridized carbons (Fsp3) is 0.417. The normalized spacial score (nSPS) is 16.6. The average Bonchev–Trinajstić information content (AvgIpc) is 2.99. The standard InChI is InChI=1S/C12H15ClN2O/c1-2-14-11(16)15-12(7-8-12)9-5-3-4-6-10(9)13/h3-6H,2,7-8H2,1H3,(H2,14,15,16). The van der Waals surface area contributed by atoms with Crippen LogP contribution in [-0.4, -0.2) is 12.6 Å². The van der Waals surface area contributed by atoms with Crippen LogP contribution in [0.1, 0.15) is 25.3 Å². The molecule has 0 heterocycles. The van der Waals surface area contributed by atoms with Crippen LogP contribution in [0.5, 0.6) is 0 Å². The maximum Gasteiger partial charge on any atom is 0.315 e. The largest absolute Gasteiger partial charge is 0.338 e. The summed E-state index contributed by atoms with van der Waals surface area (Å²) in [5.41, 5.74) is 0.778. The van der Waals surface area contributed by atoms with Gasteiger partial charge >= 0.3 is 6.03 Å². The third-order valence-corrected chi connectivity index (χ3v) is 3.16. The predicted octanol–water partition coefficient (Wildman–Crippen LogP) is 2.65. The van der Waals surface area contributed by atoms with E-state index in [1.54, 1.807) is 0 Å². The number of amides is 2. The summed E-state index contributed by atoms with van der Waals surface area (Å²) in [6.07, 6.45) is 1.90. The summed E-state index contributed by atoms with van der Waals surface area (Å²) >= 11 is 6.14. The molecule has 0 unspecified atom stereocenters. The number of carbonyl (C=O) groups excluding carboxylic acids is 1. The molecule has 2 N–H and O–H groups in total. The van der Waals surface area contributed by atoms with Gasteiger partial charge in [-0.2, -0.15) is 0 Å². The van der Waals surface area contributed by atoms with Gasteiger partial charge in [0.1, 0.15) is 0 Å². The Balaban J connectivity index is 2.14. The van der Waals surface area contributed by atoms with Gasteiger partial charge in [-0.3, -0.25) is 0 Å². The van der Waals surface area contributed by atoms with Gasteiger partial charge in [0, 0.05) is 11.6 Å². The topological polar surface area (TPSA) is 41.1 Å². The van der Waals surface area contributed by atoms with Crippen LogP contribution in [0.2, 0.25) is 5.02 Å². The molecule has 1 fully saturated rings. The molecule has 0 bridgehead atoms. The Kier molecular flexibility index (Phi) is 3.06. The molecule has 86 valence electrons. The molecule has 4 heteroatoms. The second kappa shape index (κ2) is 4.34. The minimum Gasteiger partial charge on any atom is -0.338 e. The van der Waals surface area contributed by atoms with Crippen molar-refractivity contribution in [3.8, 4) is 0 Å². The molecule has 0 spiro atoms. The maximum atomic E-state index is 11.5. The first-order chi connectivity index (χ1) is 7.68. The summed E-state index contributed by atoms with van der Waals surface area (Å²) in [7, 11) is 0. The quantitative estimate of drug-likeness (QED) is 0.835. The zero-order valence-electron chi connectivity index (χ0n) is 9.22. The molecule has 1 saturated carbocycles. The molecule has 2 rings (SSSR count). The van der Waals surface area contributed by atoms with E-state index in [1.165, 1.54) is 0 Å². The van der Waals surface area contributed by atoms with Gasteiger partial charge in [0.25, 0.3) is 0 Å². The first-order valence-corrected chi connectivity index (χ1v) is 5.87. The second-order valence-corrected chi connectivity index (χ2v) is 4.45. The molecule has 16 heavy (non-hydrogen) atoms. The Morgan fingerprint density at radius 3 is 2.69 bits per heavy atom. The summed E-state index contributed by atoms with van der Waals surface area (Å²) in [5.74, 6) is 0. The minimum absolute atomic E-state index is 0.125. The fourth-order valence-electron chi connectivity index (χ4n) is 1.86. The summed E-state index contributed by atoms with van der Waals surface area (Å²) in [6, 6.07) is 7.55. The van der Waals surface area contributed by atoms with Crippen LogP contribution in [-0.2, 0) is 5.54 Å². The lowest BCUT2D eigenvalue weighted by atomic mass is 10.1. The van der Waals surface area contributed by atoms with E-state index in [0.29, 0.717) is 6.54 Å². The van der Waals surface area contributed by atoms with Gasteiger partial charge in [-0.1, -0.05) is 29.8 Å². The molecule has 0 aromatic heterocycles. The molecular formula is C12H15ClN2O. The van der Waals surface area contributed by atoms with E-state index in [2.05, 4.69) is 10.6 Å². The molecule has 1 aliphatic carbocycles. The minimum atomic E-state index is -0.238. The molecule has 0 radical (unpaired) electrons. The van der Waals surface area contributed by atoms with E-state index in [4.69, 9.17) is 11.6 Å². The number of hydrogen-bond donors (Lipinski definition) is 2. The Labute approximate surface area is 100 Å². The summed E-state index contributed by atoms with van der Waals surface area (Å²) in [6.45, 7) is 2.53. The number of urea groups is 1. The Morgan fingerprint density at radius 1 is 1.44 bits per heavy atom. The van der Waals surface area contributed by atoms with Crippen LogP contribution >= 0.6 is 11.6 Å². The number of benzene rings is 1. The van der Waals surface area contributed by atoms with Gasteiger partial charge in [-0.15, -0.1) is 0 Å². The second-order valence-electron chi connectivity index (χ2n) is 4.05. The van der Waals surface area contributed by atoms with E-state index in [1.807, 2.05) is 31.2 Å². The van der Waals surface area contributed by atoms with Crippen molar-refractivity contribution in [1.82, 2.24) is 10.6 Å². The van der Waals surface area contributed by atoms with Gasteiger partial charge in [0.05, 0.1) is 5.54 Å². The van der Waals surface area contributed by atoms with Crippen molar-refractivity contribution in [3.63, 3.8) is 0 Å². The lowest BCUT2D eigenvalue weighted by molar-refractivity contribution is 0.236. The molecule has 0 atom stereocenters. The van der Waals surface area contributed by atoms with E-state index in [9.17, 15) is 4.79 Å². The summed E-state index contributed by atoms with van der Waals surface area (Å²) in [4.78, 5) is 11.5. The highest BCUT2D eigenvalue weighted by Crippen LogP contribution is 2.47. The van der Waals surface area contributed by atoms with Gasteiger partial charge < -0.3 is 10.6 Å². The predicted molar refractivity (Wildman–Crippen MR) is 64.6 cm³/mol. The number of carbonyl (C=O) groups is 1. The molecule has 1 aliphatic rings. The monoisotopic (exact) mass is 238 g/mol. The third-order valence-electron chi connectivity index (χ3n) is 2.83. The molecular weight excluding hydrogens is 224 g/mol. The molecule has 3 nitrogen and oxygen atoms in total. The van der Waals surface area contributed by atoms with Crippen LogP contribution < -0.4 is 10.6 Å². The van der Waals surface area contributed by atoms with Crippen molar-refractivity contribution in [2.24, 2.45) is 0 Å². The van der Waals surface area contributed by atoms with Gasteiger partial charge in [0.2, 0.25) is 0 Å². The van der Waals surface area contributed by atoms with Gasteiger partial charge in [-0.25, -0.2) is 4.79 Å². The van der Waals surface area contributed by atoms with E-state index in [0.717, 1.165) is 23.4 Å². The molecule has 0 aliphatic heterocycles. The van der Waals surface area contributed by atoms with Crippen molar-refractivity contribution in [2.45, 2.75) is 25.3 Å². The van der Waals surface area contributed by atoms with Crippen molar-refractivity contribution < 1.29 is 4.79 Å². The molecule has 2 amide bonds. The smallest absolute Gasteiger partial charge is 0.315 e. The zero-order chi connectivity index (χ0) is 11.6. The number of rotatable bonds is 3. The zero-order valence-corrected chi connectivity index (χ0v) is 9.97. The number of hydrogen-bond acceptors (Lipinski definition) is 1. The molecule has 1 aromatic carbocycles. The highest BCUT2D eigenvalue weighted by molar-refractivity contribution is 6.31. The number of halogens is 1. The van der Waals surface area contributed by atoms with Crippen LogP contribution in [0.15, 0.2) is 24.3 Å². The van der Waals surface area contributed by atoms with Gasteiger partial charge in [0.15, 0.2) is 0 Å². The van der Waals surface area contributed by atoms with Crippen LogP contribution in [0.3, 0.4) is 0 Å². The Hall–Kier alpha value is -1.22. The molecule has 1 aromatic rings. The highest BCUT2D eigenvalue weighted by atomic mass is 35.5. The van der Waals surface area contributed by atoms with E-state index >= 15 is 0 Å². The van der Waals surface area contributed by atoms with Gasteiger partial charge in [-0.05, 0) is 31.4 Å². The maximum absolute atomic E-state index is 11.5. The lowest BCUT2D eigenvalue weighted by Gasteiger charge is -2.19. The third kappa shape index (κ3) is 2.14. The fourth-order valence-corrected chi connectivity index (χ4v) is 2.17. The summed E-state index contributed by atoms with van der Waals surface area (Å²) < 4.78 is 0. The SMILES string of the molecule is CCNC(=O)NC1(c2ccccc2Cl)CC1. The average molecular weight is 239 g/mol.